The van der Waals surface area contributed by atoms with E-state index in [0.717, 1.165) is 44.1 Å². The second-order valence-corrected chi connectivity index (χ2v) is 7.36. The molecule has 0 spiro atoms. The number of hydrogen-bond donors (Lipinski definition) is 3. The molecule has 4 nitrogen and oxygen atoms in total. The second kappa shape index (κ2) is 7.17. The van der Waals surface area contributed by atoms with Gasteiger partial charge in [-0.3, -0.25) is 0 Å². The van der Waals surface area contributed by atoms with E-state index in [1.54, 1.807) is 6.07 Å². The second-order valence-electron chi connectivity index (χ2n) is 7.36. The smallest absolute Gasteiger partial charge is 0.352 e. The molecule has 0 unspecified atom stereocenters. The number of H-pyrrole nitrogens is 1. The fraction of sp³-hybridized carbons (Fsp3) is 0.0385. The van der Waals surface area contributed by atoms with Crippen LogP contribution in [-0.4, -0.2) is 16.1 Å². The topological polar surface area (TPSA) is 79.1 Å². The third-order valence-electron chi connectivity index (χ3n) is 5.61. The van der Waals surface area contributed by atoms with Crippen molar-refractivity contribution in [2.45, 2.75) is 6.54 Å². The number of carboxylic acid groups (broad SMARTS) is 1. The number of rotatable bonds is 4. The van der Waals surface area contributed by atoms with Gasteiger partial charge in [-0.05, 0) is 45.2 Å². The minimum atomic E-state index is -0.978. The number of carbonyl (C=O) groups is 1. The molecule has 5 aromatic rings. The predicted molar refractivity (Wildman–Crippen MR) is 122 cm³/mol. The van der Waals surface area contributed by atoms with E-state index in [2.05, 4.69) is 41.4 Å². The molecule has 4 N–H and O–H groups in total. The summed E-state index contributed by atoms with van der Waals surface area (Å²) in [5.41, 5.74) is 11.9. The van der Waals surface area contributed by atoms with Crippen LogP contribution in [0, 0.1) is 0 Å². The van der Waals surface area contributed by atoms with Crippen molar-refractivity contribution < 1.29 is 9.90 Å². The molecule has 0 radical (unpaired) electrons. The first-order valence-electron chi connectivity index (χ1n) is 9.82. The van der Waals surface area contributed by atoms with Gasteiger partial charge in [0.1, 0.15) is 5.69 Å². The molecule has 0 fully saturated rings. The summed E-state index contributed by atoms with van der Waals surface area (Å²) in [5, 5.41) is 12.8. The minimum absolute atomic E-state index is 0.171. The van der Waals surface area contributed by atoms with Crippen molar-refractivity contribution in [2.75, 3.05) is 0 Å². The highest BCUT2D eigenvalue weighted by atomic mass is 16.4. The quantitative estimate of drug-likeness (QED) is 0.361. The van der Waals surface area contributed by atoms with Crippen LogP contribution in [0.2, 0.25) is 0 Å². The number of aromatic nitrogens is 1. The van der Waals surface area contributed by atoms with Crippen molar-refractivity contribution in [2.24, 2.45) is 5.73 Å². The predicted octanol–water partition coefficient (Wildman–Crippen LogP) is 5.81. The number of nitrogens with two attached hydrogens (primary N) is 1. The van der Waals surface area contributed by atoms with Crippen LogP contribution >= 0.6 is 0 Å². The van der Waals surface area contributed by atoms with E-state index in [9.17, 15) is 9.90 Å². The molecule has 0 atom stereocenters. The molecular formula is C26H20N2O2. The lowest BCUT2D eigenvalue weighted by Crippen LogP contribution is -1.99. The summed E-state index contributed by atoms with van der Waals surface area (Å²) in [5.74, 6) is -0.978. The van der Waals surface area contributed by atoms with Gasteiger partial charge in [-0.2, -0.15) is 0 Å². The molecule has 1 aromatic heterocycles. The standard InChI is InChI=1S/C26H20N2O2/c27-15-19-7-3-4-8-20(19)22-12-11-21(23-14-24(26(29)30)28-25(22)23)18-10-9-16-5-1-2-6-17(16)13-18/h1-14,28H,15,27H2,(H,29,30). The third kappa shape index (κ3) is 2.95. The first-order valence-corrected chi connectivity index (χ1v) is 9.82. The lowest BCUT2D eigenvalue weighted by atomic mass is 9.93. The summed E-state index contributed by atoms with van der Waals surface area (Å²) >= 11 is 0. The van der Waals surface area contributed by atoms with Gasteiger partial charge in [0.05, 0.1) is 5.52 Å². The van der Waals surface area contributed by atoms with Crippen LogP contribution in [0.4, 0.5) is 0 Å². The Morgan fingerprint density at radius 3 is 2.33 bits per heavy atom. The zero-order valence-corrected chi connectivity index (χ0v) is 16.2. The van der Waals surface area contributed by atoms with Crippen molar-refractivity contribution in [1.82, 2.24) is 4.98 Å². The van der Waals surface area contributed by atoms with Gasteiger partial charge < -0.3 is 15.8 Å². The summed E-state index contributed by atoms with van der Waals surface area (Å²) in [6, 6.07) is 28.3. The van der Waals surface area contributed by atoms with E-state index in [0.29, 0.717) is 6.54 Å². The molecule has 30 heavy (non-hydrogen) atoms. The van der Waals surface area contributed by atoms with Crippen LogP contribution in [0.5, 0.6) is 0 Å². The van der Waals surface area contributed by atoms with Crippen LogP contribution in [0.15, 0.2) is 84.9 Å². The number of hydrogen-bond acceptors (Lipinski definition) is 2. The Bertz CT molecular complexity index is 1420. The molecule has 4 heteroatoms. The van der Waals surface area contributed by atoms with E-state index in [4.69, 9.17) is 5.73 Å². The van der Waals surface area contributed by atoms with Crippen LogP contribution < -0.4 is 5.73 Å². The fourth-order valence-electron chi connectivity index (χ4n) is 4.13. The number of nitrogens with one attached hydrogen (secondary N) is 1. The third-order valence-corrected chi connectivity index (χ3v) is 5.61. The largest absolute Gasteiger partial charge is 0.477 e. The molecule has 146 valence electrons. The summed E-state index contributed by atoms with van der Waals surface area (Å²) < 4.78 is 0. The maximum atomic E-state index is 11.7. The van der Waals surface area contributed by atoms with E-state index >= 15 is 0 Å². The Kier molecular flexibility index (Phi) is 4.34. The van der Waals surface area contributed by atoms with Crippen LogP contribution in [0.25, 0.3) is 43.9 Å². The summed E-state index contributed by atoms with van der Waals surface area (Å²) in [6.07, 6.45) is 0. The van der Waals surface area contributed by atoms with Gasteiger partial charge in [0.15, 0.2) is 0 Å². The molecule has 0 aliphatic rings. The maximum absolute atomic E-state index is 11.7. The molecule has 0 saturated carbocycles. The molecule has 1 heterocycles. The van der Waals surface area contributed by atoms with E-state index in [1.807, 2.05) is 42.5 Å². The SMILES string of the molecule is NCc1ccccc1-c1ccc(-c2ccc3ccccc3c2)c2cc(C(=O)O)[nH]c12. The van der Waals surface area contributed by atoms with E-state index in [-0.39, 0.29) is 5.69 Å². The Balaban J connectivity index is 1.79. The average Bonchev–Trinajstić information content (AvgIpc) is 3.24. The highest BCUT2D eigenvalue weighted by Gasteiger charge is 2.17. The number of aromatic amines is 1. The summed E-state index contributed by atoms with van der Waals surface area (Å²) in [4.78, 5) is 14.8. The van der Waals surface area contributed by atoms with Crippen molar-refractivity contribution in [3.63, 3.8) is 0 Å². The Hall–Kier alpha value is -3.89. The van der Waals surface area contributed by atoms with Crippen molar-refractivity contribution in [3.8, 4) is 22.3 Å². The average molecular weight is 392 g/mol. The number of fused-ring (bicyclic) bond motifs is 2. The zero-order chi connectivity index (χ0) is 20.7. The van der Waals surface area contributed by atoms with Gasteiger partial charge in [-0.1, -0.05) is 72.8 Å². The number of benzene rings is 4. The zero-order valence-electron chi connectivity index (χ0n) is 16.2. The van der Waals surface area contributed by atoms with Gasteiger partial charge in [0.25, 0.3) is 0 Å². The first kappa shape index (κ1) is 18.2. The molecule has 0 aliphatic heterocycles. The van der Waals surface area contributed by atoms with Gasteiger partial charge in [-0.25, -0.2) is 4.79 Å². The summed E-state index contributed by atoms with van der Waals surface area (Å²) in [7, 11) is 0. The Labute approximate surface area is 173 Å². The van der Waals surface area contributed by atoms with Gasteiger partial charge in [0.2, 0.25) is 0 Å². The van der Waals surface area contributed by atoms with Gasteiger partial charge >= 0.3 is 5.97 Å². The molecule has 0 aliphatic carbocycles. The van der Waals surface area contributed by atoms with Crippen LogP contribution in [-0.2, 0) is 6.54 Å². The maximum Gasteiger partial charge on any atom is 0.352 e. The van der Waals surface area contributed by atoms with Gasteiger partial charge in [-0.15, -0.1) is 0 Å². The highest BCUT2D eigenvalue weighted by Crippen LogP contribution is 2.37. The Morgan fingerprint density at radius 2 is 1.53 bits per heavy atom. The molecule has 0 bridgehead atoms. The Morgan fingerprint density at radius 1 is 0.800 bits per heavy atom. The normalized spacial score (nSPS) is 11.2. The first-order chi connectivity index (χ1) is 14.7. The number of carboxylic acids is 1. The van der Waals surface area contributed by atoms with Crippen LogP contribution in [0.3, 0.4) is 0 Å². The molecular weight excluding hydrogens is 372 g/mol. The minimum Gasteiger partial charge on any atom is -0.477 e. The van der Waals surface area contributed by atoms with Crippen molar-refractivity contribution in [1.29, 1.82) is 0 Å². The molecule has 0 amide bonds. The van der Waals surface area contributed by atoms with E-state index < -0.39 is 5.97 Å². The highest BCUT2D eigenvalue weighted by molar-refractivity contribution is 6.07. The molecule has 5 rings (SSSR count). The fourth-order valence-corrected chi connectivity index (χ4v) is 4.13. The van der Waals surface area contributed by atoms with Gasteiger partial charge in [0, 0.05) is 17.5 Å². The lowest BCUT2D eigenvalue weighted by molar-refractivity contribution is 0.0691. The van der Waals surface area contributed by atoms with Crippen molar-refractivity contribution in [3.05, 3.63) is 96.2 Å². The number of aromatic carboxylic acids is 1. The molecule has 4 aromatic carbocycles. The summed E-state index contributed by atoms with van der Waals surface area (Å²) in [6.45, 7) is 0.413. The molecule has 0 saturated heterocycles. The van der Waals surface area contributed by atoms with Crippen molar-refractivity contribution >= 4 is 27.6 Å². The monoisotopic (exact) mass is 392 g/mol. The van der Waals surface area contributed by atoms with E-state index in [1.165, 1.54) is 5.39 Å². The van der Waals surface area contributed by atoms with Crippen LogP contribution in [0.1, 0.15) is 16.1 Å². The lowest BCUT2D eigenvalue weighted by Gasteiger charge is -2.12.